The lowest BCUT2D eigenvalue weighted by Gasteiger charge is -2.24. The average Bonchev–Trinajstić information content (AvgIpc) is 2.37. The second-order valence-corrected chi connectivity index (χ2v) is 7.26. The molecule has 0 aliphatic carbocycles. The molecule has 3 N–H and O–H groups in total. The van der Waals surface area contributed by atoms with Crippen molar-refractivity contribution < 1.29 is 18.3 Å². The zero-order valence-electron chi connectivity index (χ0n) is 11.5. The molecular formula is C12H18N2O4S2. The second-order valence-electron chi connectivity index (χ2n) is 4.39. The van der Waals surface area contributed by atoms with E-state index in [-0.39, 0.29) is 22.2 Å². The molecule has 0 amide bonds. The lowest BCUT2D eigenvalue weighted by atomic mass is 10.2. The van der Waals surface area contributed by atoms with Gasteiger partial charge in [-0.3, -0.25) is 0 Å². The minimum Gasteiger partial charge on any atom is -0.478 e. The number of carboxylic acid groups (broad SMARTS) is 1. The molecule has 0 saturated heterocycles. The molecule has 0 radical (unpaired) electrons. The third-order valence-corrected chi connectivity index (χ3v) is 5.77. The summed E-state index contributed by atoms with van der Waals surface area (Å²) in [5, 5.41) is 9.13. The Morgan fingerprint density at radius 1 is 1.50 bits per heavy atom. The average molecular weight is 318 g/mol. The lowest BCUT2D eigenvalue weighted by Crippen LogP contribution is -2.37. The van der Waals surface area contributed by atoms with Crippen molar-refractivity contribution in [1.29, 1.82) is 0 Å². The number of carbonyl (C=O) groups is 1. The molecule has 6 nitrogen and oxygen atoms in total. The van der Waals surface area contributed by atoms with Crippen molar-refractivity contribution in [3.63, 3.8) is 0 Å². The van der Waals surface area contributed by atoms with Gasteiger partial charge in [0.15, 0.2) is 0 Å². The minimum atomic E-state index is -3.87. The first-order valence-electron chi connectivity index (χ1n) is 5.81. The first-order chi connectivity index (χ1) is 9.21. The molecule has 0 spiro atoms. The first-order valence-corrected chi connectivity index (χ1v) is 8.65. The SMILES string of the molecule is CSCC(C)N(C)S(=O)(=O)c1ccc(N)cc1C(=O)O. The van der Waals surface area contributed by atoms with Crippen LogP contribution in [0.15, 0.2) is 23.1 Å². The maximum atomic E-state index is 12.5. The fourth-order valence-corrected chi connectivity index (χ4v) is 4.00. The Labute approximate surface area is 123 Å². The Morgan fingerprint density at radius 2 is 2.10 bits per heavy atom. The molecule has 1 aromatic rings. The maximum absolute atomic E-state index is 12.5. The standard InChI is InChI=1S/C12H18N2O4S2/c1-8(7-19-3)14(2)20(17,18)11-5-4-9(13)6-10(11)12(15)16/h4-6,8H,7,13H2,1-3H3,(H,15,16). The number of rotatable bonds is 6. The van der Waals surface area contributed by atoms with E-state index in [9.17, 15) is 13.2 Å². The predicted octanol–water partition coefficient (Wildman–Crippen LogP) is 1.34. The highest BCUT2D eigenvalue weighted by Crippen LogP contribution is 2.23. The van der Waals surface area contributed by atoms with Gasteiger partial charge in [0.25, 0.3) is 0 Å². The predicted molar refractivity (Wildman–Crippen MR) is 80.6 cm³/mol. The number of thioether (sulfide) groups is 1. The van der Waals surface area contributed by atoms with E-state index in [1.54, 1.807) is 6.92 Å². The summed E-state index contributed by atoms with van der Waals surface area (Å²) in [7, 11) is -2.43. The number of anilines is 1. The molecule has 0 aliphatic heterocycles. The van der Waals surface area contributed by atoms with Crippen LogP contribution in [0.25, 0.3) is 0 Å². The van der Waals surface area contributed by atoms with Crippen LogP contribution in [0.3, 0.4) is 0 Å². The number of hydrogen-bond acceptors (Lipinski definition) is 5. The van der Waals surface area contributed by atoms with Gasteiger partial charge in [0.05, 0.1) is 10.5 Å². The molecule has 112 valence electrons. The largest absolute Gasteiger partial charge is 0.478 e. The molecule has 1 aromatic carbocycles. The lowest BCUT2D eigenvalue weighted by molar-refractivity contribution is 0.0692. The molecular weight excluding hydrogens is 300 g/mol. The first kappa shape index (κ1) is 16.8. The van der Waals surface area contributed by atoms with E-state index in [1.807, 2.05) is 6.26 Å². The monoisotopic (exact) mass is 318 g/mol. The fourth-order valence-electron chi connectivity index (χ4n) is 1.68. The summed E-state index contributed by atoms with van der Waals surface area (Å²) >= 11 is 1.52. The van der Waals surface area contributed by atoms with Crippen LogP contribution < -0.4 is 5.73 Å². The van der Waals surface area contributed by atoms with Crippen LogP contribution in [-0.4, -0.2) is 48.9 Å². The number of nitrogens with zero attached hydrogens (tertiary/aromatic N) is 1. The van der Waals surface area contributed by atoms with Crippen LogP contribution in [0.2, 0.25) is 0 Å². The van der Waals surface area contributed by atoms with Gasteiger partial charge >= 0.3 is 5.97 Å². The highest BCUT2D eigenvalue weighted by molar-refractivity contribution is 7.98. The summed E-state index contributed by atoms with van der Waals surface area (Å²) in [4.78, 5) is 11.0. The topological polar surface area (TPSA) is 101 Å². The van der Waals surface area contributed by atoms with Crippen molar-refractivity contribution in [2.75, 3.05) is 24.8 Å². The Balaban J connectivity index is 3.32. The summed E-state index contributed by atoms with van der Waals surface area (Å²) in [6.07, 6.45) is 1.88. The molecule has 1 atom stereocenters. The second kappa shape index (κ2) is 6.47. The molecule has 0 saturated carbocycles. The van der Waals surface area contributed by atoms with E-state index in [1.165, 1.54) is 35.2 Å². The van der Waals surface area contributed by atoms with Crippen LogP contribution in [0.4, 0.5) is 5.69 Å². The van der Waals surface area contributed by atoms with Crippen LogP contribution in [0.5, 0.6) is 0 Å². The normalized spacial score (nSPS) is 13.4. The highest BCUT2D eigenvalue weighted by atomic mass is 32.2. The van der Waals surface area contributed by atoms with Crippen molar-refractivity contribution in [2.24, 2.45) is 0 Å². The van der Waals surface area contributed by atoms with E-state index < -0.39 is 16.0 Å². The summed E-state index contributed by atoms with van der Waals surface area (Å²) in [5.74, 6) is -0.700. The van der Waals surface area contributed by atoms with Crippen LogP contribution in [-0.2, 0) is 10.0 Å². The number of aromatic carboxylic acids is 1. The molecule has 0 fully saturated rings. The van der Waals surface area contributed by atoms with Gasteiger partial charge in [-0.05, 0) is 31.4 Å². The number of nitrogen functional groups attached to an aromatic ring is 1. The number of carboxylic acids is 1. The van der Waals surface area contributed by atoms with Gasteiger partial charge in [-0.25, -0.2) is 13.2 Å². The zero-order chi connectivity index (χ0) is 15.5. The van der Waals surface area contributed by atoms with Crippen molar-refractivity contribution in [2.45, 2.75) is 17.9 Å². The van der Waals surface area contributed by atoms with Gasteiger partial charge < -0.3 is 10.8 Å². The van der Waals surface area contributed by atoms with E-state index in [4.69, 9.17) is 10.8 Å². The van der Waals surface area contributed by atoms with Crippen LogP contribution >= 0.6 is 11.8 Å². The quantitative estimate of drug-likeness (QED) is 0.768. The van der Waals surface area contributed by atoms with Gasteiger partial charge in [0, 0.05) is 24.5 Å². The Bertz CT molecular complexity index is 601. The maximum Gasteiger partial charge on any atom is 0.337 e. The fraction of sp³-hybridized carbons (Fsp3) is 0.417. The molecule has 1 rings (SSSR count). The molecule has 0 heterocycles. The summed E-state index contributed by atoms with van der Waals surface area (Å²) in [6, 6.07) is 3.53. The third-order valence-electron chi connectivity index (χ3n) is 2.92. The smallest absolute Gasteiger partial charge is 0.337 e. The van der Waals surface area contributed by atoms with Gasteiger partial charge in [0.1, 0.15) is 0 Å². The van der Waals surface area contributed by atoms with Crippen molar-refractivity contribution in [1.82, 2.24) is 4.31 Å². The number of sulfonamides is 1. The van der Waals surface area contributed by atoms with E-state index in [0.717, 1.165) is 6.07 Å². The highest BCUT2D eigenvalue weighted by Gasteiger charge is 2.29. The molecule has 0 aromatic heterocycles. The van der Waals surface area contributed by atoms with E-state index in [0.29, 0.717) is 5.75 Å². The number of benzene rings is 1. The zero-order valence-corrected chi connectivity index (χ0v) is 13.2. The van der Waals surface area contributed by atoms with Gasteiger partial charge in [-0.1, -0.05) is 0 Å². The van der Waals surface area contributed by atoms with Gasteiger partial charge in [-0.2, -0.15) is 16.1 Å². The van der Waals surface area contributed by atoms with Crippen LogP contribution in [0.1, 0.15) is 17.3 Å². The van der Waals surface area contributed by atoms with Crippen LogP contribution in [0, 0.1) is 0 Å². The Morgan fingerprint density at radius 3 is 2.60 bits per heavy atom. The van der Waals surface area contributed by atoms with Crippen molar-refractivity contribution in [3.8, 4) is 0 Å². The summed E-state index contributed by atoms with van der Waals surface area (Å²) in [6.45, 7) is 1.77. The third kappa shape index (κ3) is 3.44. The van der Waals surface area contributed by atoms with E-state index >= 15 is 0 Å². The molecule has 0 aliphatic rings. The van der Waals surface area contributed by atoms with E-state index in [2.05, 4.69) is 0 Å². The van der Waals surface area contributed by atoms with Crippen molar-refractivity contribution in [3.05, 3.63) is 23.8 Å². The number of hydrogen-bond donors (Lipinski definition) is 2. The molecule has 8 heteroatoms. The summed E-state index contributed by atoms with van der Waals surface area (Å²) in [5.41, 5.74) is 5.41. The molecule has 0 bridgehead atoms. The Hall–Kier alpha value is -1.25. The van der Waals surface area contributed by atoms with Crippen molar-refractivity contribution >= 4 is 33.4 Å². The molecule has 1 unspecified atom stereocenters. The molecule has 20 heavy (non-hydrogen) atoms. The van der Waals surface area contributed by atoms with Gasteiger partial charge in [-0.15, -0.1) is 0 Å². The number of nitrogens with two attached hydrogens (primary N) is 1. The Kier molecular flexibility index (Phi) is 5.43. The summed E-state index contributed by atoms with van der Waals surface area (Å²) < 4.78 is 26.2. The van der Waals surface area contributed by atoms with Gasteiger partial charge in [0.2, 0.25) is 10.0 Å². The minimum absolute atomic E-state index is 0.209.